The molecule has 1 saturated heterocycles. The van der Waals surface area contributed by atoms with Crippen LogP contribution in [0.15, 0.2) is 54.6 Å². The number of urea groups is 1. The van der Waals surface area contributed by atoms with Crippen LogP contribution in [0.2, 0.25) is 0 Å². The fourth-order valence-corrected chi connectivity index (χ4v) is 2.76. The SMILES string of the molecule is O=C(Nc1ccc(F)cc1)[C@@H]1CCCN1C(=O)Nc1ccccc1. The highest BCUT2D eigenvalue weighted by Gasteiger charge is 2.34. The lowest BCUT2D eigenvalue weighted by atomic mass is 10.2. The van der Waals surface area contributed by atoms with E-state index in [0.29, 0.717) is 24.3 Å². The summed E-state index contributed by atoms with van der Waals surface area (Å²) < 4.78 is 12.9. The Kier molecular flexibility index (Phi) is 4.74. The van der Waals surface area contributed by atoms with E-state index < -0.39 is 6.04 Å². The van der Waals surface area contributed by atoms with Gasteiger partial charge in [0.1, 0.15) is 11.9 Å². The third-order valence-electron chi connectivity index (χ3n) is 3.95. The molecule has 1 fully saturated rings. The Morgan fingerprint density at radius 1 is 0.958 bits per heavy atom. The highest BCUT2D eigenvalue weighted by atomic mass is 19.1. The van der Waals surface area contributed by atoms with E-state index in [0.717, 1.165) is 6.42 Å². The van der Waals surface area contributed by atoms with Crippen molar-refractivity contribution in [2.24, 2.45) is 0 Å². The minimum Gasteiger partial charge on any atom is -0.324 e. The van der Waals surface area contributed by atoms with Crippen LogP contribution in [-0.2, 0) is 4.79 Å². The van der Waals surface area contributed by atoms with Crippen LogP contribution in [0.25, 0.3) is 0 Å². The van der Waals surface area contributed by atoms with Crippen molar-refractivity contribution in [1.29, 1.82) is 0 Å². The van der Waals surface area contributed by atoms with E-state index in [1.54, 1.807) is 12.1 Å². The molecule has 5 nitrogen and oxygen atoms in total. The highest BCUT2D eigenvalue weighted by molar-refractivity contribution is 5.99. The van der Waals surface area contributed by atoms with Crippen LogP contribution < -0.4 is 10.6 Å². The number of halogens is 1. The molecular weight excluding hydrogens is 309 g/mol. The zero-order chi connectivity index (χ0) is 16.9. The second kappa shape index (κ2) is 7.12. The van der Waals surface area contributed by atoms with E-state index in [1.165, 1.54) is 29.2 Å². The molecule has 1 aliphatic rings. The summed E-state index contributed by atoms with van der Waals surface area (Å²) in [6.45, 7) is 0.528. The Balaban J connectivity index is 1.65. The fraction of sp³-hybridized carbons (Fsp3) is 0.222. The van der Waals surface area contributed by atoms with Crippen LogP contribution in [0.3, 0.4) is 0 Å². The van der Waals surface area contributed by atoms with Gasteiger partial charge in [0.15, 0.2) is 0 Å². The number of nitrogens with zero attached hydrogens (tertiary/aromatic N) is 1. The molecule has 0 aromatic heterocycles. The first-order chi connectivity index (χ1) is 11.6. The molecule has 24 heavy (non-hydrogen) atoms. The molecule has 2 aromatic rings. The lowest BCUT2D eigenvalue weighted by molar-refractivity contribution is -0.119. The largest absolute Gasteiger partial charge is 0.324 e. The van der Waals surface area contributed by atoms with E-state index in [4.69, 9.17) is 0 Å². The van der Waals surface area contributed by atoms with Gasteiger partial charge in [-0.2, -0.15) is 0 Å². The highest BCUT2D eigenvalue weighted by Crippen LogP contribution is 2.21. The maximum Gasteiger partial charge on any atom is 0.322 e. The summed E-state index contributed by atoms with van der Waals surface area (Å²) in [4.78, 5) is 26.4. The fourth-order valence-electron chi connectivity index (χ4n) is 2.76. The molecule has 0 saturated carbocycles. The average Bonchev–Trinajstić information content (AvgIpc) is 3.08. The first-order valence-electron chi connectivity index (χ1n) is 7.82. The quantitative estimate of drug-likeness (QED) is 0.907. The van der Waals surface area contributed by atoms with Crippen LogP contribution in [0.5, 0.6) is 0 Å². The van der Waals surface area contributed by atoms with Crippen LogP contribution in [0.1, 0.15) is 12.8 Å². The number of hydrogen-bond donors (Lipinski definition) is 2. The molecule has 6 heteroatoms. The summed E-state index contributed by atoms with van der Waals surface area (Å²) in [7, 11) is 0. The van der Waals surface area contributed by atoms with Gasteiger partial charge < -0.3 is 15.5 Å². The molecule has 0 bridgehead atoms. The van der Waals surface area contributed by atoms with Crippen molar-refractivity contribution in [2.75, 3.05) is 17.2 Å². The van der Waals surface area contributed by atoms with Gasteiger partial charge in [-0.1, -0.05) is 18.2 Å². The van der Waals surface area contributed by atoms with Gasteiger partial charge in [-0.05, 0) is 49.2 Å². The maximum absolute atomic E-state index is 12.9. The van der Waals surface area contributed by atoms with Crippen molar-refractivity contribution in [3.8, 4) is 0 Å². The lowest BCUT2D eigenvalue weighted by Crippen LogP contribution is -2.45. The molecule has 3 amide bonds. The van der Waals surface area contributed by atoms with Crippen molar-refractivity contribution < 1.29 is 14.0 Å². The van der Waals surface area contributed by atoms with Crippen molar-refractivity contribution in [1.82, 2.24) is 4.90 Å². The Morgan fingerprint density at radius 3 is 2.33 bits per heavy atom. The third kappa shape index (κ3) is 3.71. The number of benzene rings is 2. The predicted molar refractivity (Wildman–Crippen MR) is 90.2 cm³/mol. The van der Waals surface area contributed by atoms with Gasteiger partial charge in [-0.15, -0.1) is 0 Å². The summed E-state index contributed by atoms with van der Waals surface area (Å²) in [6.07, 6.45) is 1.37. The van der Waals surface area contributed by atoms with E-state index in [2.05, 4.69) is 10.6 Å². The van der Waals surface area contributed by atoms with Crippen LogP contribution in [0.4, 0.5) is 20.6 Å². The van der Waals surface area contributed by atoms with E-state index in [1.807, 2.05) is 18.2 Å². The Hall–Kier alpha value is -2.89. The van der Waals surface area contributed by atoms with Gasteiger partial charge >= 0.3 is 6.03 Å². The smallest absolute Gasteiger partial charge is 0.322 e. The standard InChI is InChI=1S/C18H18FN3O2/c19-13-8-10-15(11-9-13)20-17(23)16-7-4-12-22(16)18(24)21-14-5-2-1-3-6-14/h1-3,5-6,8-11,16H,4,7,12H2,(H,20,23)(H,21,24)/t16-/m0/s1. The van der Waals surface area contributed by atoms with Gasteiger partial charge in [0.05, 0.1) is 0 Å². The van der Waals surface area contributed by atoms with Gasteiger partial charge in [-0.3, -0.25) is 4.79 Å². The van der Waals surface area contributed by atoms with Crippen molar-refractivity contribution in [3.05, 3.63) is 60.4 Å². The number of carbonyl (C=O) groups is 2. The number of likely N-dealkylation sites (tertiary alicyclic amines) is 1. The second-order valence-electron chi connectivity index (χ2n) is 5.64. The number of nitrogens with one attached hydrogen (secondary N) is 2. The molecule has 124 valence electrons. The summed E-state index contributed by atoms with van der Waals surface area (Å²) in [5.74, 6) is -0.625. The normalized spacial score (nSPS) is 16.7. The van der Waals surface area contributed by atoms with E-state index in [9.17, 15) is 14.0 Å². The first-order valence-corrected chi connectivity index (χ1v) is 7.82. The molecule has 1 atom stereocenters. The Bertz CT molecular complexity index is 719. The Labute approximate surface area is 139 Å². The third-order valence-corrected chi connectivity index (χ3v) is 3.95. The summed E-state index contributed by atoms with van der Waals surface area (Å²) >= 11 is 0. The lowest BCUT2D eigenvalue weighted by Gasteiger charge is -2.24. The topological polar surface area (TPSA) is 61.4 Å². The molecule has 0 radical (unpaired) electrons. The molecule has 0 aliphatic carbocycles. The number of rotatable bonds is 3. The molecule has 2 aromatic carbocycles. The van der Waals surface area contributed by atoms with Gasteiger partial charge in [0.2, 0.25) is 5.91 Å². The molecule has 1 heterocycles. The number of amides is 3. The monoisotopic (exact) mass is 327 g/mol. The van der Waals surface area contributed by atoms with Crippen molar-refractivity contribution >= 4 is 23.3 Å². The van der Waals surface area contributed by atoms with Crippen LogP contribution in [-0.4, -0.2) is 29.4 Å². The molecule has 0 unspecified atom stereocenters. The predicted octanol–water partition coefficient (Wildman–Crippen LogP) is 3.46. The minimum absolute atomic E-state index is 0.262. The number of para-hydroxylation sites is 1. The van der Waals surface area contributed by atoms with Crippen LogP contribution in [0, 0.1) is 5.82 Å². The number of hydrogen-bond acceptors (Lipinski definition) is 2. The summed E-state index contributed by atoms with van der Waals surface area (Å²) in [5.41, 5.74) is 1.20. The molecule has 2 N–H and O–H groups in total. The molecular formula is C18H18FN3O2. The van der Waals surface area contributed by atoms with Crippen molar-refractivity contribution in [2.45, 2.75) is 18.9 Å². The number of anilines is 2. The second-order valence-corrected chi connectivity index (χ2v) is 5.64. The van der Waals surface area contributed by atoms with E-state index >= 15 is 0 Å². The van der Waals surface area contributed by atoms with Gasteiger partial charge in [0.25, 0.3) is 0 Å². The van der Waals surface area contributed by atoms with Gasteiger partial charge in [0, 0.05) is 17.9 Å². The van der Waals surface area contributed by atoms with Crippen LogP contribution >= 0.6 is 0 Å². The van der Waals surface area contributed by atoms with Crippen molar-refractivity contribution in [3.63, 3.8) is 0 Å². The average molecular weight is 327 g/mol. The molecule has 0 spiro atoms. The maximum atomic E-state index is 12.9. The van der Waals surface area contributed by atoms with Gasteiger partial charge in [-0.25, -0.2) is 9.18 Å². The summed E-state index contributed by atoms with van der Waals surface area (Å²) in [6, 6.07) is 13.8. The molecule has 1 aliphatic heterocycles. The number of carbonyl (C=O) groups excluding carboxylic acids is 2. The summed E-state index contributed by atoms with van der Waals surface area (Å²) in [5, 5.41) is 5.53. The minimum atomic E-state index is -0.529. The molecule has 3 rings (SSSR count). The zero-order valence-electron chi connectivity index (χ0n) is 13.0. The first kappa shape index (κ1) is 16.0. The zero-order valence-corrected chi connectivity index (χ0v) is 13.0. The van der Waals surface area contributed by atoms with E-state index in [-0.39, 0.29) is 17.8 Å². The Morgan fingerprint density at radius 2 is 1.62 bits per heavy atom.